The summed E-state index contributed by atoms with van der Waals surface area (Å²) in [5, 5.41) is 6.47. The lowest BCUT2D eigenvalue weighted by molar-refractivity contribution is -0.118. The van der Waals surface area contributed by atoms with Crippen LogP contribution in [0.2, 0.25) is 0 Å². The van der Waals surface area contributed by atoms with E-state index in [2.05, 4.69) is 61.4 Å². The van der Waals surface area contributed by atoms with E-state index in [1.54, 1.807) is 0 Å². The molecule has 0 bridgehead atoms. The van der Waals surface area contributed by atoms with Gasteiger partial charge in [-0.3, -0.25) is 9.69 Å². The van der Waals surface area contributed by atoms with Gasteiger partial charge in [0.15, 0.2) is 0 Å². The lowest BCUT2D eigenvalue weighted by atomic mass is 9.98. The summed E-state index contributed by atoms with van der Waals surface area (Å²) >= 11 is 0. The summed E-state index contributed by atoms with van der Waals surface area (Å²) in [6.07, 6.45) is 0. The van der Waals surface area contributed by atoms with Crippen LogP contribution in [0.4, 0.5) is 5.69 Å². The second kappa shape index (κ2) is 7.05. The Kier molecular flexibility index (Phi) is 5.37. The van der Waals surface area contributed by atoms with E-state index in [1.165, 1.54) is 5.56 Å². The molecule has 1 aliphatic rings. The third-order valence-corrected chi connectivity index (χ3v) is 4.18. The van der Waals surface area contributed by atoms with Gasteiger partial charge in [-0.1, -0.05) is 32.0 Å². The Balaban J connectivity index is 2.06. The zero-order chi connectivity index (χ0) is 15.4. The number of hydrogen-bond acceptors (Lipinski definition) is 3. The van der Waals surface area contributed by atoms with E-state index in [9.17, 15) is 4.79 Å². The van der Waals surface area contributed by atoms with Gasteiger partial charge in [-0.25, -0.2) is 0 Å². The van der Waals surface area contributed by atoms with Crippen molar-refractivity contribution in [3.8, 4) is 0 Å². The molecule has 1 aliphatic heterocycles. The maximum absolute atomic E-state index is 12.4. The fourth-order valence-corrected chi connectivity index (χ4v) is 2.82. The first-order valence-electron chi connectivity index (χ1n) is 7.83. The number of nitrogens with one attached hydrogen (secondary N) is 2. The van der Waals surface area contributed by atoms with E-state index in [-0.39, 0.29) is 5.91 Å². The average molecular weight is 289 g/mol. The highest BCUT2D eigenvalue weighted by atomic mass is 16.2. The van der Waals surface area contributed by atoms with Crippen molar-refractivity contribution in [1.82, 2.24) is 10.2 Å². The highest BCUT2D eigenvalue weighted by Crippen LogP contribution is 2.27. The van der Waals surface area contributed by atoms with Crippen LogP contribution >= 0.6 is 0 Å². The lowest BCUT2D eigenvalue weighted by Gasteiger charge is -2.33. The van der Waals surface area contributed by atoms with Crippen LogP contribution in [0.25, 0.3) is 0 Å². The molecule has 0 spiro atoms. The van der Waals surface area contributed by atoms with Crippen LogP contribution in [0.15, 0.2) is 18.2 Å². The van der Waals surface area contributed by atoms with Gasteiger partial charge in [0.1, 0.15) is 0 Å². The molecule has 0 aliphatic carbocycles. The molecule has 0 saturated carbocycles. The number of carbonyl (C=O) groups is 1. The van der Waals surface area contributed by atoms with Gasteiger partial charge in [0.2, 0.25) is 5.91 Å². The Labute approximate surface area is 127 Å². The summed E-state index contributed by atoms with van der Waals surface area (Å²) in [5.74, 6) is 0.485. The van der Waals surface area contributed by atoms with E-state index in [0.29, 0.717) is 18.5 Å². The quantitative estimate of drug-likeness (QED) is 0.894. The van der Waals surface area contributed by atoms with Crippen molar-refractivity contribution >= 4 is 11.6 Å². The minimum atomic E-state index is 0.0833. The van der Waals surface area contributed by atoms with Gasteiger partial charge in [-0.2, -0.15) is 0 Å². The molecule has 1 amide bonds. The van der Waals surface area contributed by atoms with E-state index in [1.807, 2.05) is 0 Å². The van der Waals surface area contributed by atoms with Crippen LogP contribution in [-0.2, 0) is 4.79 Å². The molecule has 1 heterocycles. The van der Waals surface area contributed by atoms with Gasteiger partial charge in [0.05, 0.1) is 6.54 Å². The molecule has 1 aromatic carbocycles. The van der Waals surface area contributed by atoms with Gasteiger partial charge >= 0.3 is 0 Å². The highest BCUT2D eigenvalue weighted by Gasteiger charge is 2.21. The molecular formula is C17H27N3O. The molecule has 1 fully saturated rings. The molecule has 0 aromatic heterocycles. The molecule has 1 atom stereocenters. The third kappa shape index (κ3) is 4.05. The normalized spacial score (nSPS) is 19.8. The predicted molar refractivity (Wildman–Crippen MR) is 87.8 cm³/mol. The lowest BCUT2D eigenvalue weighted by Crippen LogP contribution is -2.52. The standard InChI is InChI=1S/C17H27N3O/c1-12(2)15-7-5-6-13(3)17(15)19-16(21)11-20-9-8-18-10-14(20)4/h5-7,12,14,18H,8-11H2,1-4H3,(H,19,21)/t14-/m0/s1. The van der Waals surface area contributed by atoms with Crippen LogP contribution < -0.4 is 10.6 Å². The van der Waals surface area contributed by atoms with Crippen molar-refractivity contribution in [3.05, 3.63) is 29.3 Å². The monoisotopic (exact) mass is 289 g/mol. The molecule has 1 saturated heterocycles. The van der Waals surface area contributed by atoms with E-state index in [4.69, 9.17) is 0 Å². The fourth-order valence-electron chi connectivity index (χ4n) is 2.82. The number of carbonyl (C=O) groups excluding carboxylic acids is 1. The topological polar surface area (TPSA) is 44.4 Å². The smallest absolute Gasteiger partial charge is 0.238 e. The largest absolute Gasteiger partial charge is 0.324 e. The Morgan fingerprint density at radius 1 is 1.48 bits per heavy atom. The maximum atomic E-state index is 12.4. The zero-order valence-corrected chi connectivity index (χ0v) is 13.6. The van der Waals surface area contributed by atoms with Gasteiger partial charge in [0, 0.05) is 31.4 Å². The summed E-state index contributed by atoms with van der Waals surface area (Å²) in [6.45, 7) is 11.8. The molecule has 2 N–H and O–H groups in total. The molecular weight excluding hydrogens is 262 g/mol. The van der Waals surface area contributed by atoms with Crippen molar-refractivity contribution in [3.63, 3.8) is 0 Å². The number of benzene rings is 1. The van der Waals surface area contributed by atoms with Gasteiger partial charge in [-0.15, -0.1) is 0 Å². The second-order valence-electron chi connectivity index (χ2n) is 6.27. The molecule has 2 rings (SSSR count). The molecule has 1 aromatic rings. The molecule has 0 unspecified atom stereocenters. The summed E-state index contributed by atoms with van der Waals surface area (Å²) in [7, 11) is 0. The van der Waals surface area contributed by atoms with Crippen molar-refractivity contribution < 1.29 is 4.79 Å². The number of hydrogen-bond donors (Lipinski definition) is 2. The Bertz CT molecular complexity index is 499. The number of nitrogens with zero attached hydrogens (tertiary/aromatic N) is 1. The summed E-state index contributed by atoms with van der Waals surface area (Å²) < 4.78 is 0. The summed E-state index contributed by atoms with van der Waals surface area (Å²) in [6, 6.07) is 6.61. The summed E-state index contributed by atoms with van der Waals surface area (Å²) in [4.78, 5) is 14.6. The molecule has 4 heteroatoms. The molecule has 21 heavy (non-hydrogen) atoms. The zero-order valence-electron chi connectivity index (χ0n) is 13.6. The summed E-state index contributed by atoms with van der Waals surface area (Å²) in [5.41, 5.74) is 3.32. The van der Waals surface area contributed by atoms with Crippen molar-refractivity contribution in [2.45, 2.75) is 39.7 Å². The van der Waals surface area contributed by atoms with Crippen LogP contribution in [-0.4, -0.2) is 43.0 Å². The molecule has 0 radical (unpaired) electrons. The fraction of sp³-hybridized carbons (Fsp3) is 0.588. The van der Waals surface area contributed by atoms with Crippen LogP contribution in [0, 0.1) is 6.92 Å². The number of amides is 1. The molecule has 4 nitrogen and oxygen atoms in total. The van der Waals surface area contributed by atoms with Crippen molar-refractivity contribution in [1.29, 1.82) is 0 Å². The van der Waals surface area contributed by atoms with E-state index >= 15 is 0 Å². The highest BCUT2D eigenvalue weighted by molar-refractivity contribution is 5.94. The minimum Gasteiger partial charge on any atom is -0.324 e. The minimum absolute atomic E-state index is 0.0833. The van der Waals surface area contributed by atoms with Crippen molar-refractivity contribution in [2.75, 3.05) is 31.5 Å². The third-order valence-electron chi connectivity index (χ3n) is 4.18. The number of aryl methyl sites for hydroxylation is 1. The van der Waals surface area contributed by atoms with E-state index < -0.39 is 0 Å². The Morgan fingerprint density at radius 2 is 2.24 bits per heavy atom. The van der Waals surface area contributed by atoms with Gasteiger partial charge in [0.25, 0.3) is 0 Å². The maximum Gasteiger partial charge on any atom is 0.238 e. The van der Waals surface area contributed by atoms with Crippen LogP contribution in [0.5, 0.6) is 0 Å². The van der Waals surface area contributed by atoms with Gasteiger partial charge in [-0.05, 0) is 30.9 Å². The number of para-hydroxylation sites is 1. The predicted octanol–water partition coefficient (Wildman–Crippen LogP) is 2.35. The van der Waals surface area contributed by atoms with Crippen LogP contribution in [0.3, 0.4) is 0 Å². The molecule has 116 valence electrons. The first kappa shape index (κ1) is 16.0. The van der Waals surface area contributed by atoms with Gasteiger partial charge < -0.3 is 10.6 Å². The van der Waals surface area contributed by atoms with Crippen molar-refractivity contribution in [2.24, 2.45) is 0 Å². The average Bonchev–Trinajstić information content (AvgIpc) is 2.43. The first-order chi connectivity index (χ1) is 9.99. The first-order valence-corrected chi connectivity index (χ1v) is 7.83. The Morgan fingerprint density at radius 3 is 2.90 bits per heavy atom. The van der Waals surface area contributed by atoms with Crippen LogP contribution in [0.1, 0.15) is 37.8 Å². The Hall–Kier alpha value is -1.39. The number of piperazine rings is 1. The number of anilines is 1. The number of rotatable bonds is 4. The second-order valence-corrected chi connectivity index (χ2v) is 6.27. The SMILES string of the molecule is Cc1cccc(C(C)C)c1NC(=O)CN1CCNC[C@@H]1C. The van der Waals surface area contributed by atoms with E-state index in [0.717, 1.165) is 30.9 Å².